The Balaban J connectivity index is 0.979. The Morgan fingerprint density at radius 3 is 1.30 bits per heavy atom. The van der Waals surface area contributed by atoms with Gasteiger partial charge in [0.2, 0.25) is 0 Å². The fourth-order valence-corrected chi connectivity index (χ4v) is 9.84. The van der Waals surface area contributed by atoms with E-state index in [2.05, 4.69) is 276 Å². The zero-order chi connectivity index (χ0) is 43.8. The maximum absolute atomic E-state index is 2.43. The number of anilines is 3. The first kappa shape index (κ1) is 38.9. The lowest BCUT2D eigenvalue weighted by Gasteiger charge is -2.27. The Hall–Kier alpha value is -8.72. The van der Waals surface area contributed by atoms with Gasteiger partial charge >= 0.3 is 0 Å². The van der Waals surface area contributed by atoms with Crippen molar-refractivity contribution in [1.29, 1.82) is 0 Å². The molecule has 0 amide bonds. The monoisotopic (exact) mass is 840 g/mol. The number of hydrogen-bond donors (Lipinski definition) is 0. The van der Waals surface area contributed by atoms with E-state index in [9.17, 15) is 0 Å². The Bertz CT molecular complexity index is 3600. The molecule has 12 rings (SSSR count). The van der Waals surface area contributed by atoms with Crippen LogP contribution in [0.2, 0.25) is 0 Å². The lowest BCUT2D eigenvalue weighted by atomic mass is 9.92. The first-order valence-electron chi connectivity index (χ1n) is 22.7. The molecule has 2 heteroatoms. The van der Waals surface area contributed by atoms with E-state index in [1.165, 1.54) is 77.1 Å². The summed E-state index contributed by atoms with van der Waals surface area (Å²) in [6.45, 7) is 0. The van der Waals surface area contributed by atoms with Gasteiger partial charge < -0.3 is 9.47 Å². The van der Waals surface area contributed by atoms with Gasteiger partial charge in [0.1, 0.15) is 0 Å². The van der Waals surface area contributed by atoms with E-state index in [-0.39, 0.29) is 0 Å². The maximum Gasteiger partial charge on any atom is 0.0541 e. The van der Waals surface area contributed by atoms with Crippen LogP contribution in [0.1, 0.15) is 0 Å². The van der Waals surface area contributed by atoms with Gasteiger partial charge in [0.15, 0.2) is 0 Å². The number of para-hydroxylation sites is 3. The first-order valence-corrected chi connectivity index (χ1v) is 22.7. The van der Waals surface area contributed by atoms with Gasteiger partial charge in [0.25, 0.3) is 0 Å². The Labute approximate surface area is 385 Å². The van der Waals surface area contributed by atoms with Gasteiger partial charge in [0, 0.05) is 33.4 Å². The van der Waals surface area contributed by atoms with Crippen molar-refractivity contribution in [2.45, 2.75) is 0 Å². The van der Waals surface area contributed by atoms with Gasteiger partial charge in [0.05, 0.1) is 16.7 Å². The van der Waals surface area contributed by atoms with E-state index in [1.807, 2.05) is 0 Å². The highest BCUT2D eigenvalue weighted by atomic mass is 15.1. The highest BCUT2D eigenvalue weighted by molar-refractivity contribution is 6.10. The molecular formula is C64H44N2. The van der Waals surface area contributed by atoms with Crippen molar-refractivity contribution in [1.82, 2.24) is 4.57 Å². The van der Waals surface area contributed by atoms with Crippen molar-refractivity contribution in [3.63, 3.8) is 0 Å². The normalized spacial score (nSPS) is 11.3. The highest BCUT2D eigenvalue weighted by Gasteiger charge is 2.20. The number of rotatable bonds is 9. The molecular weight excluding hydrogens is 797 g/mol. The van der Waals surface area contributed by atoms with E-state index < -0.39 is 0 Å². The van der Waals surface area contributed by atoms with E-state index in [0.29, 0.717) is 0 Å². The van der Waals surface area contributed by atoms with Gasteiger partial charge in [-0.3, -0.25) is 0 Å². The van der Waals surface area contributed by atoms with E-state index in [4.69, 9.17) is 0 Å². The minimum Gasteiger partial charge on any atom is -0.310 e. The standard InChI is InChI=1S/C64H44N2/c1-3-16-45(17-4-1)47-34-38-52(39-35-47)65(53-40-36-48(37-41-53)46-30-32-51(33-31-46)56-26-15-21-49-20-7-8-22-55(49)56)54-42-43-57(61(44-54)50-18-5-2-6-19-50)58-23-9-12-27-62(58)66-63-28-13-10-24-59(63)60-25-11-14-29-64(60)66/h1-44H. The topological polar surface area (TPSA) is 8.17 Å². The lowest BCUT2D eigenvalue weighted by Crippen LogP contribution is -2.10. The average Bonchev–Trinajstić information content (AvgIpc) is 3.74. The van der Waals surface area contributed by atoms with Crippen molar-refractivity contribution in [3.8, 4) is 61.3 Å². The summed E-state index contributed by atoms with van der Waals surface area (Å²) in [7, 11) is 0. The van der Waals surface area contributed by atoms with Crippen LogP contribution < -0.4 is 4.90 Å². The summed E-state index contributed by atoms with van der Waals surface area (Å²) in [5.41, 5.74) is 18.6. The Morgan fingerprint density at radius 1 is 0.242 bits per heavy atom. The fraction of sp³-hybridized carbons (Fsp3) is 0. The molecule has 0 saturated heterocycles. The van der Waals surface area contributed by atoms with E-state index in [0.717, 1.165) is 33.9 Å². The molecule has 0 radical (unpaired) electrons. The minimum atomic E-state index is 1.08. The number of aromatic nitrogens is 1. The van der Waals surface area contributed by atoms with Crippen LogP contribution in [-0.2, 0) is 0 Å². The van der Waals surface area contributed by atoms with Crippen LogP contribution in [-0.4, -0.2) is 4.57 Å². The predicted molar refractivity (Wildman–Crippen MR) is 280 cm³/mol. The van der Waals surface area contributed by atoms with Gasteiger partial charge in [-0.05, 0) is 115 Å². The zero-order valence-electron chi connectivity index (χ0n) is 36.3. The highest BCUT2D eigenvalue weighted by Crippen LogP contribution is 2.44. The molecule has 0 spiro atoms. The summed E-state index contributed by atoms with van der Waals surface area (Å²) in [5, 5.41) is 5.02. The van der Waals surface area contributed by atoms with Gasteiger partial charge in [-0.25, -0.2) is 0 Å². The van der Waals surface area contributed by atoms with Crippen molar-refractivity contribution in [2.75, 3.05) is 4.90 Å². The smallest absolute Gasteiger partial charge is 0.0541 e. The van der Waals surface area contributed by atoms with Crippen molar-refractivity contribution in [3.05, 3.63) is 267 Å². The van der Waals surface area contributed by atoms with E-state index >= 15 is 0 Å². The predicted octanol–water partition coefficient (Wildman–Crippen LogP) is 17.7. The molecule has 0 aliphatic rings. The van der Waals surface area contributed by atoms with Gasteiger partial charge in [-0.1, -0.05) is 212 Å². The number of benzene rings is 11. The zero-order valence-corrected chi connectivity index (χ0v) is 36.3. The summed E-state index contributed by atoms with van der Waals surface area (Å²) in [6.07, 6.45) is 0. The number of hydrogen-bond acceptors (Lipinski definition) is 1. The van der Waals surface area contributed by atoms with Gasteiger partial charge in [-0.15, -0.1) is 0 Å². The molecule has 0 aliphatic heterocycles. The lowest BCUT2D eigenvalue weighted by molar-refractivity contribution is 1.18. The molecule has 0 bridgehead atoms. The van der Waals surface area contributed by atoms with Crippen LogP contribution in [0.15, 0.2) is 267 Å². The molecule has 12 aromatic rings. The van der Waals surface area contributed by atoms with Crippen molar-refractivity contribution >= 4 is 49.6 Å². The van der Waals surface area contributed by atoms with Crippen molar-refractivity contribution in [2.24, 2.45) is 0 Å². The molecule has 0 saturated carbocycles. The molecule has 0 aliphatic carbocycles. The first-order chi connectivity index (χ1) is 32.7. The van der Waals surface area contributed by atoms with Crippen LogP contribution in [0, 0.1) is 0 Å². The average molecular weight is 841 g/mol. The molecule has 11 aromatic carbocycles. The van der Waals surface area contributed by atoms with Crippen molar-refractivity contribution < 1.29 is 0 Å². The molecule has 1 heterocycles. The number of fused-ring (bicyclic) bond motifs is 4. The molecule has 66 heavy (non-hydrogen) atoms. The summed E-state index contributed by atoms with van der Waals surface area (Å²) >= 11 is 0. The second-order valence-electron chi connectivity index (χ2n) is 16.9. The Kier molecular flexibility index (Phi) is 9.89. The molecule has 0 unspecified atom stereocenters. The molecule has 0 N–H and O–H groups in total. The summed E-state index contributed by atoms with van der Waals surface area (Å²) < 4.78 is 2.43. The summed E-state index contributed by atoms with van der Waals surface area (Å²) in [6, 6.07) is 96.9. The SMILES string of the molecule is c1ccc(-c2ccc(N(c3ccc(-c4ccc(-c5cccc6ccccc56)cc4)cc3)c3ccc(-c4ccccc4-n4c5ccccc5c5ccccc54)c(-c4ccccc4)c3)cc2)cc1. The largest absolute Gasteiger partial charge is 0.310 e. The molecule has 0 atom stereocenters. The number of nitrogens with zero attached hydrogens (tertiary/aromatic N) is 2. The summed E-state index contributed by atoms with van der Waals surface area (Å²) in [5.74, 6) is 0. The molecule has 2 nitrogen and oxygen atoms in total. The van der Waals surface area contributed by atoms with Gasteiger partial charge in [-0.2, -0.15) is 0 Å². The third-order valence-corrected chi connectivity index (χ3v) is 13.0. The molecule has 310 valence electrons. The second kappa shape index (κ2) is 16.8. The van der Waals surface area contributed by atoms with Crippen LogP contribution in [0.4, 0.5) is 17.1 Å². The fourth-order valence-electron chi connectivity index (χ4n) is 9.84. The second-order valence-corrected chi connectivity index (χ2v) is 16.9. The third-order valence-electron chi connectivity index (χ3n) is 13.0. The summed E-state index contributed by atoms with van der Waals surface area (Å²) in [4.78, 5) is 2.39. The molecule has 1 aromatic heterocycles. The minimum absolute atomic E-state index is 1.08. The van der Waals surface area contributed by atoms with Crippen LogP contribution in [0.25, 0.3) is 93.9 Å². The van der Waals surface area contributed by atoms with E-state index in [1.54, 1.807) is 0 Å². The third kappa shape index (κ3) is 7.02. The Morgan fingerprint density at radius 2 is 0.667 bits per heavy atom. The van der Waals surface area contributed by atoms with Crippen LogP contribution in [0.3, 0.4) is 0 Å². The molecule has 0 fully saturated rings. The quantitative estimate of drug-likeness (QED) is 0.141. The maximum atomic E-state index is 2.43. The van der Waals surface area contributed by atoms with Crippen LogP contribution in [0.5, 0.6) is 0 Å². The van der Waals surface area contributed by atoms with Crippen LogP contribution >= 0.6 is 0 Å².